The summed E-state index contributed by atoms with van der Waals surface area (Å²) in [5, 5.41) is 9.31. The van der Waals surface area contributed by atoms with Crippen LogP contribution >= 0.6 is 34.8 Å². The molecule has 0 aliphatic rings. The molecular weight excluding hydrogens is 387 g/mol. The summed E-state index contributed by atoms with van der Waals surface area (Å²) in [5.74, 6) is -1.51. The van der Waals surface area contributed by atoms with E-state index in [4.69, 9.17) is 39.0 Å². The highest BCUT2D eigenvalue weighted by atomic mass is 35.5. The van der Waals surface area contributed by atoms with Gasteiger partial charge in [-0.3, -0.25) is 0 Å². The lowest BCUT2D eigenvalue weighted by atomic mass is 10.1. The van der Waals surface area contributed by atoms with Crippen LogP contribution in [-0.2, 0) is 19.1 Å². The van der Waals surface area contributed by atoms with E-state index in [-0.39, 0.29) is 20.6 Å². The maximum Gasteiger partial charge on any atom is 0.339 e. The van der Waals surface area contributed by atoms with Crippen molar-refractivity contribution >= 4 is 50.9 Å². The molecule has 0 saturated carbocycles. The molecule has 0 aliphatic carbocycles. The van der Waals surface area contributed by atoms with Gasteiger partial charge in [-0.1, -0.05) is 53.0 Å². The van der Waals surface area contributed by atoms with Gasteiger partial charge in [0.2, 0.25) is 6.10 Å². The molecule has 0 amide bonds. The zero-order chi connectivity index (χ0) is 17.2. The zero-order valence-electron chi connectivity index (χ0n) is 11.2. The van der Waals surface area contributed by atoms with Crippen molar-refractivity contribution in [3.05, 3.63) is 63.1 Å². The molecule has 2 aromatic carbocycles. The smallest absolute Gasteiger partial charge is 0.339 e. The average Bonchev–Trinajstić information content (AvgIpc) is 2.48. The Balaban J connectivity index is 2.46. The van der Waals surface area contributed by atoms with E-state index in [0.717, 1.165) is 6.07 Å². The molecule has 1 unspecified atom stereocenters. The standard InChI is InChI=1S/C14H9Cl3O5S/c15-8-5-6-11(17)12(7-8)23(20,21)22-13(14(18)19)9-3-1-2-4-10(9)16/h1-7,13H,(H,18,19). The van der Waals surface area contributed by atoms with Gasteiger partial charge in [-0.2, -0.15) is 8.42 Å². The van der Waals surface area contributed by atoms with Crippen LogP contribution in [0.4, 0.5) is 0 Å². The van der Waals surface area contributed by atoms with Gasteiger partial charge in [-0.25, -0.2) is 8.98 Å². The Bertz CT molecular complexity index is 851. The van der Waals surface area contributed by atoms with E-state index >= 15 is 0 Å². The van der Waals surface area contributed by atoms with Crippen LogP contribution in [0.15, 0.2) is 47.4 Å². The Morgan fingerprint density at radius 1 is 1.04 bits per heavy atom. The number of halogens is 3. The van der Waals surface area contributed by atoms with Gasteiger partial charge in [-0.05, 0) is 24.3 Å². The lowest BCUT2D eigenvalue weighted by Crippen LogP contribution is -2.20. The van der Waals surface area contributed by atoms with Gasteiger partial charge in [-0.15, -0.1) is 0 Å². The molecule has 0 saturated heterocycles. The highest BCUT2D eigenvalue weighted by Crippen LogP contribution is 2.32. The van der Waals surface area contributed by atoms with Crippen LogP contribution in [0.25, 0.3) is 0 Å². The van der Waals surface area contributed by atoms with E-state index in [0.29, 0.717) is 0 Å². The molecule has 1 N–H and O–H groups in total. The first kappa shape index (κ1) is 18.0. The van der Waals surface area contributed by atoms with Crippen molar-refractivity contribution in [3.8, 4) is 0 Å². The van der Waals surface area contributed by atoms with E-state index < -0.39 is 27.1 Å². The predicted octanol–water partition coefficient (Wildman–Crippen LogP) is 4.18. The Kier molecular flexibility index (Phi) is 5.54. The molecule has 9 heteroatoms. The number of carbonyl (C=O) groups is 1. The van der Waals surface area contributed by atoms with Crippen molar-refractivity contribution < 1.29 is 22.5 Å². The first-order valence-electron chi connectivity index (χ1n) is 6.08. The molecule has 0 radical (unpaired) electrons. The molecule has 0 fully saturated rings. The Morgan fingerprint density at radius 3 is 2.30 bits per heavy atom. The maximum atomic E-state index is 12.3. The van der Waals surface area contributed by atoms with Crippen molar-refractivity contribution in [2.24, 2.45) is 0 Å². The maximum absolute atomic E-state index is 12.3. The van der Waals surface area contributed by atoms with Gasteiger partial charge >= 0.3 is 5.97 Å². The van der Waals surface area contributed by atoms with Crippen molar-refractivity contribution in [2.75, 3.05) is 0 Å². The van der Waals surface area contributed by atoms with Crippen molar-refractivity contribution in [3.63, 3.8) is 0 Å². The summed E-state index contributed by atoms with van der Waals surface area (Å²) in [6.45, 7) is 0. The number of rotatable bonds is 5. The summed E-state index contributed by atoms with van der Waals surface area (Å²) >= 11 is 17.5. The third-order valence-corrected chi connectivity index (χ3v) is 5.14. The number of benzene rings is 2. The van der Waals surface area contributed by atoms with Crippen LogP contribution in [-0.4, -0.2) is 19.5 Å². The molecule has 1 atom stereocenters. The minimum absolute atomic E-state index is 0.00314. The van der Waals surface area contributed by atoms with Crippen LogP contribution in [0.1, 0.15) is 11.7 Å². The van der Waals surface area contributed by atoms with E-state index in [1.807, 2.05) is 0 Å². The van der Waals surface area contributed by atoms with Crippen molar-refractivity contribution in [1.82, 2.24) is 0 Å². The van der Waals surface area contributed by atoms with Crippen molar-refractivity contribution in [1.29, 1.82) is 0 Å². The number of aliphatic carboxylic acids is 1. The second-order valence-corrected chi connectivity index (χ2v) is 7.16. The minimum Gasteiger partial charge on any atom is -0.479 e. The first-order valence-corrected chi connectivity index (χ1v) is 8.62. The van der Waals surface area contributed by atoms with Crippen LogP contribution in [0.5, 0.6) is 0 Å². The highest BCUT2D eigenvalue weighted by Gasteiger charge is 2.31. The van der Waals surface area contributed by atoms with Gasteiger partial charge < -0.3 is 5.11 Å². The van der Waals surface area contributed by atoms with E-state index in [1.165, 1.54) is 30.3 Å². The molecule has 0 spiro atoms. The number of hydrogen-bond donors (Lipinski definition) is 1. The fourth-order valence-corrected chi connectivity index (χ4v) is 3.75. The molecular formula is C14H9Cl3O5S. The lowest BCUT2D eigenvalue weighted by molar-refractivity contribution is -0.145. The molecule has 0 bridgehead atoms. The summed E-state index contributed by atoms with van der Waals surface area (Å²) in [7, 11) is -4.48. The molecule has 0 aromatic heterocycles. The fourth-order valence-electron chi connectivity index (χ4n) is 1.76. The van der Waals surface area contributed by atoms with E-state index in [9.17, 15) is 18.3 Å². The van der Waals surface area contributed by atoms with Gasteiger partial charge in [0.1, 0.15) is 4.90 Å². The van der Waals surface area contributed by atoms with Crippen LogP contribution in [0, 0.1) is 0 Å². The van der Waals surface area contributed by atoms with Crippen LogP contribution in [0.2, 0.25) is 15.1 Å². The second kappa shape index (κ2) is 7.07. The number of carboxylic acid groups (broad SMARTS) is 1. The summed E-state index contributed by atoms with van der Waals surface area (Å²) < 4.78 is 29.5. The fraction of sp³-hybridized carbons (Fsp3) is 0.0714. The normalized spacial score (nSPS) is 12.8. The molecule has 2 rings (SSSR count). The van der Waals surface area contributed by atoms with Gasteiger partial charge in [0.05, 0.1) is 5.02 Å². The second-order valence-electron chi connectivity index (χ2n) is 4.36. The monoisotopic (exact) mass is 394 g/mol. The minimum atomic E-state index is -4.48. The zero-order valence-corrected chi connectivity index (χ0v) is 14.3. The summed E-state index contributed by atoms with van der Waals surface area (Å²) in [4.78, 5) is 11.0. The first-order chi connectivity index (χ1) is 10.7. The van der Waals surface area contributed by atoms with Gasteiger partial charge in [0.15, 0.2) is 0 Å². The number of hydrogen-bond acceptors (Lipinski definition) is 4. The largest absolute Gasteiger partial charge is 0.479 e. The Hall–Kier alpha value is -1.31. The van der Waals surface area contributed by atoms with E-state index in [1.54, 1.807) is 6.07 Å². The van der Waals surface area contributed by atoms with E-state index in [2.05, 4.69) is 0 Å². The van der Waals surface area contributed by atoms with Gasteiger partial charge in [0, 0.05) is 15.6 Å². The molecule has 0 heterocycles. The summed E-state index contributed by atoms with van der Waals surface area (Å²) in [5.41, 5.74) is 0.00314. The third-order valence-electron chi connectivity index (χ3n) is 2.80. The van der Waals surface area contributed by atoms with Crippen molar-refractivity contribution in [2.45, 2.75) is 11.0 Å². The Labute approximate surface area is 147 Å². The van der Waals surface area contributed by atoms with Gasteiger partial charge in [0.25, 0.3) is 10.1 Å². The molecule has 5 nitrogen and oxygen atoms in total. The molecule has 2 aromatic rings. The number of carboxylic acids is 1. The summed E-state index contributed by atoms with van der Waals surface area (Å²) in [6.07, 6.45) is -1.82. The summed E-state index contributed by atoms with van der Waals surface area (Å²) in [6, 6.07) is 9.61. The quantitative estimate of drug-likeness (QED) is 0.768. The van der Waals surface area contributed by atoms with Crippen LogP contribution in [0.3, 0.4) is 0 Å². The topological polar surface area (TPSA) is 80.7 Å². The Morgan fingerprint density at radius 2 is 1.70 bits per heavy atom. The SMILES string of the molecule is O=C(O)C(OS(=O)(=O)c1cc(Cl)ccc1Cl)c1ccccc1Cl. The third kappa shape index (κ3) is 4.16. The predicted molar refractivity (Wildman–Crippen MR) is 86.6 cm³/mol. The van der Waals surface area contributed by atoms with Crippen LogP contribution < -0.4 is 0 Å². The molecule has 122 valence electrons. The average molecular weight is 396 g/mol. The molecule has 23 heavy (non-hydrogen) atoms. The molecule has 0 aliphatic heterocycles. The highest BCUT2D eigenvalue weighted by molar-refractivity contribution is 7.87. The lowest BCUT2D eigenvalue weighted by Gasteiger charge is -2.15.